The minimum Gasteiger partial charge on any atom is -0.485 e. The molecule has 1 aliphatic rings. The summed E-state index contributed by atoms with van der Waals surface area (Å²) in [5.41, 5.74) is 1.08. The first-order chi connectivity index (χ1) is 11.3. The Hall–Kier alpha value is -2.36. The van der Waals surface area contributed by atoms with Crippen molar-refractivity contribution in [3.63, 3.8) is 0 Å². The molecule has 0 atom stereocenters. The molecule has 1 aromatic carbocycles. The van der Waals surface area contributed by atoms with Gasteiger partial charge in [-0.15, -0.1) is 0 Å². The van der Waals surface area contributed by atoms with E-state index in [4.69, 9.17) is 4.74 Å². The van der Waals surface area contributed by atoms with Gasteiger partial charge in [0.2, 0.25) is 5.91 Å². The van der Waals surface area contributed by atoms with Crippen molar-refractivity contribution < 1.29 is 9.53 Å². The fourth-order valence-electron chi connectivity index (χ4n) is 2.92. The van der Waals surface area contributed by atoms with E-state index in [-0.39, 0.29) is 11.8 Å². The number of hydrogen-bond acceptors (Lipinski definition) is 3. The Morgan fingerprint density at radius 3 is 2.65 bits per heavy atom. The predicted molar refractivity (Wildman–Crippen MR) is 90.2 cm³/mol. The van der Waals surface area contributed by atoms with Crippen LogP contribution < -0.4 is 10.1 Å². The van der Waals surface area contributed by atoms with Crippen molar-refractivity contribution in [3.05, 3.63) is 54.2 Å². The van der Waals surface area contributed by atoms with Crippen molar-refractivity contribution in [2.24, 2.45) is 5.92 Å². The predicted octanol–water partition coefficient (Wildman–Crippen LogP) is 4.18. The maximum absolute atomic E-state index is 12.4. The molecule has 4 nitrogen and oxygen atoms in total. The first-order valence-electron chi connectivity index (χ1n) is 8.25. The second-order valence-corrected chi connectivity index (χ2v) is 5.95. The lowest BCUT2D eigenvalue weighted by Crippen LogP contribution is -2.25. The van der Waals surface area contributed by atoms with Gasteiger partial charge in [-0.25, -0.2) is 4.98 Å². The second kappa shape index (κ2) is 7.77. The topological polar surface area (TPSA) is 51.2 Å². The Morgan fingerprint density at radius 1 is 1.09 bits per heavy atom. The molecule has 2 aromatic rings. The summed E-state index contributed by atoms with van der Waals surface area (Å²) in [4.78, 5) is 16.7. The highest BCUT2D eigenvalue weighted by molar-refractivity contribution is 5.92. The zero-order valence-corrected chi connectivity index (χ0v) is 13.2. The van der Waals surface area contributed by atoms with Crippen LogP contribution in [0.5, 0.6) is 5.75 Å². The number of aromatic nitrogens is 1. The quantitative estimate of drug-likeness (QED) is 0.901. The second-order valence-electron chi connectivity index (χ2n) is 5.95. The molecule has 3 rings (SSSR count). The molecule has 0 radical (unpaired) electrons. The summed E-state index contributed by atoms with van der Waals surface area (Å²) in [6.45, 7) is 0.457. The number of amides is 1. The summed E-state index contributed by atoms with van der Waals surface area (Å²) in [7, 11) is 0. The molecule has 1 aromatic heterocycles. The molecule has 120 valence electrons. The number of nitrogens with zero attached hydrogens (tertiary/aromatic N) is 1. The third-order valence-corrected chi connectivity index (χ3v) is 4.23. The standard InChI is InChI=1S/C19H22N2O2/c22-19(16-10-5-2-6-11-16)21-18-17(12-7-13-20-18)23-14-15-8-3-1-4-9-15/h1,3-4,7-9,12-13,16H,2,5-6,10-11,14H2,(H,20,21,22). The molecular weight excluding hydrogens is 288 g/mol. The highest BCUT2D eigenvalue weighted by Crippen LogP contribution is 2.27. The van der Waals surface area contributed by atoms with Crippen molar-refractivity contribution in [2.75, 3.05) is 5.32 Å². The van der Waals surface area contributed by atoms with Gasteiger partial charge in [0.25, 0.3) is 0 Å². The molecule has 1 amide bonds. The van der Waals surface area contributed by atoms with Crippen LogP contribution in [0.4, 0.5) is 5.82 Å². The summed E-state index contributed by atoms with van der Waals surface area (Å²) in [5.74, 6) is 1.29. The van der Waals surface area contributed by atoms with Gasteiger partial charge in [0, 0.05) is 12.1 Å². The summed E-state index contributed by atoms with van der Waals surface area (Å²) in [6, 6.07) is 13.6. The zero-order valence-electron chi connectivity index (χ0n) is 13.2. The van der Waals surface area contributed by atoms with Gasteiger partial charge >= 0.3 is 0 Å². The first kappa shape index (κ1) is 15.5. The number of anilines is 1. The SMILES string of the molecule is O=C(Nc1ncccc1OCc1ccccc1)C1CCCCC1. The third kappa shape index (κ3) is 4.31. The maximum Gasteiger partial charge on any atom is 0.228 e. The number of carbonyl (C=O) groups excluding carboxylic acids is 1. The van der Waals surface area contributed by atoms with E-state index in [1.807, 2.05) is 42.5 Å². The third-order valence-electron chi connectivity index (χ3n) is 4.23. The number of carbonyl (C=O) groups is 1. The Labute approximate surface area is 136 Å². The highest BCUT2D eigenvalue weighted by atomic mass is 16.5. The lowest BCUT2D eigenvalue weighted by Gasteiger charge is -2.21. The average Bonchev–Trinajstić information content (AvgIpc) is 2.62. The summed E-state index contributed by atoms with van der Waals surface area (Å²) in [6.07, 6.45) is 7.12. The molecule has 0 aliphatic heterocycles. The van der Waals surface area contributed by atoms with Crippen molar-refractivity contribution in [2.45, 2.75) is 38.7 Å². The maximum atomic E-state index is 12.4. The van der Waals surface area contributed by atoms with E-state index in [0.29, 0.717) is 18.2 Å². The van der Waals surface area contributed by atoms with Gasteiger partial charge in [0.05, 0.1) is 0 Å². The molecule has 0 unspecified atom stereocenters. The van der Waals surface area contributed by atoms with Gasteiger partial charge in [-0.1, -0.05) is 49.6 Å². The van der Waals surface area contributed by atoms with Crippen molar-refractivity contribution >= 4 is 11.7 Å². The molecular formula is C19H22N2O2. The first-order valence-corrected chi connectivity index (χ1v) is 8.25. The van der Waals surface area contributed by atoms with E-state index in [9.17, 15) is 4.79 Å². The van der Waals surface area contributed by atoms with Gasteiger partial charge < -0.3 is 10.1 Å². The molecule has 0 bridgehead atoms. The number of hydrogen-bond donors (Lipinski definition) is 1. The van der Waals surface area contributed by atoms with Crippen LogP contribution in [0.3, 0.4) is 0 Å². The summed E-state index contributed by atoms with van der Waals surface area (Å²) in [5, 5.41) is 2.94. The zero-order chi connectivity index (χ0) is 15.9. The monoisotopic (exact) mass is 310 g/mol. The van der Waals surface area contributed by atoms with Crippen LogP contribution in [-0.4, -0.2) is 10.9 Å². The van der Waals surface area contributed by atoms with E-state index < -0.39 is 0 Å². The molecule has 1 heterocycles. The van der Waals surface area contributed by atoms with Crippen LogP contribution in [0.1, 0.15) is 37.7 Å². The summed E-state index contributed by atoms with van der Waals surface area (Å²) >= 11 is 0. The molecule has 1 aliphatic carbocycles. The van der Waals surface area contributed by atoms with E-state index in [1.54, 1.807) is 6.20 Å². The highest BCUT2D eigenvalue weighted by Gasteiger charge is 2.22. The number of benzene rings is 1. The van der Waals surface area contributed by atoms with Gasteiger partial charge in [0.15, 0.2) is 11.6 Å². The smallest absolute Gasteiger partial charge is 0.228 e. The lowest BCUT2D eigenvalue weighted by molar-refractivity contribution is -0.120. The van der Waals surface area contributed by atoms with Crippen molar-refractivity contribution in [1.82, 2.24) is 4.98 Å². The van der Waals surface area contributed by atoms with Gasteiger partial charge in [-0.3, -0.25) is 4.79 Å². The van der Waals surface area contributed by atoms with Gasteiger partial charge in [-0.2, -0.15) is 0 Å². The van der Waals surface area contributed by atoms with E-state index in [0.717, 1.165) is 31.2 Å². The Balaban J connectivity index is 1.64. The van der Waals surface area contributed by atoms with Crippen LogP contribution in [0.2, 0.25) is 0 Å². The van der Waals surface area contributed by atoms with Crippen LogP contribution in [-0.2, 0) is 11.4 Å². The molecule has 1 N–H and O–H groups in total. The fraction of sp³-hybridized carbons (Fsp3) is 0.368. The van der Waals surface area contributed by atoms with E-state index >= 15 is 0 Å². The lowest BCUT2D eigenvalue weighted by atomic mass is 9.89. The number of nitrogens with one attached hydrogen (secondary N) is 1. The van der Waals surface area contributed by atoms with Crippen molar-refractivity contribution in [1.29, 1.82) is 0 Å². The number of ether oxygens (including phenoxy) is 1. The largest absolute Gasteiger partial charge is 0.485 e. The Bertz CT molecular complexity index is 637. The van der Waals surface area contributed by atoms with Gasteiger partial charge in [0.1, 0.15) is 6.61 Å². The average molecular weight is 310 g/mol. The van der Waals surface area contributed by atoms with Crippen LogP contribution >= 0.6 is 0 Å². The van der Waals surface area contributed by atoms with Crippen LogP contribution in [0.15, 0.2) is 48.7 Å². The fourth-order valence-corrected chi connectivity index (χ4v) is 2.92. The van der Waals surface area contributed by atoms with Crippen molar-refractivity contribution in [3.8, 4) is 5.75 Å². The number of pyridine rings is 1. The molecule has 0 saturated heterocycles. The minimum atomic E-state index is 0.0629. The summed E-state index contributed by atoms with van der Waals surface area (Å²) < 4.78 is 5.83. The molecule has 0 spiro atoms. The number of rotatable bonds is 5. The van der Waals surface area contributed by atoms with Gasteiger partial charge in [-0.05, 0) is 30.5 Å². The Kier molecular flexibility index (Phi) is 5.25. The molecule has 4 heteroatoms. The van der Waals surface area contributed by atoms with E-state index in [1.165, 1.54) is 6.42 Å². The van der Waals surface area contributed by atoms with Crippen LogP contribution in [0, 0.1) is 5.92 Å². The molecule has 23 heavy (non-hydrogen) atoms. The normalized spacial score (nSPS) is 15.1. The van der Waals surface area contributed by atoms with E-state index in [2.05, 4.69) is 10.3 Å². The minimum absolute atomic E-state index is 0.0629. The van der Waals surface area contributed by atoms with Crippen LogP contribution in [0.25, 0.3) is 0 Å². The molecule has 1 fully saturated rings. The molecule has 1 saturated carbocycles. The Morgan fingerprint density at radius 2 is 1.87 bits per heavy atom.